The Labute approximate surface area is 137 Å². The lowest BCUT2D eigenvalue weighted by Gasteiger charge is -2.37. The molecule has 0 saturated carbocycles. The third-order valence-electron chi connectivity index (χ3n) is 3.89. The maximum Gasteiger partial charge on any atom is 0.410 e. The highest BCUT2D eigenvalue weighted by atomic mass is 16.5. The first-order valence-corrected chi connectivity index (χ1v) is 7.83. The van der Waals surface area contributed by atoms with Gasteiger partial charge in [-0.2, -0.15) is 0 Å². The third kappa shape index (κ3) is 4.98. The number of rotatable bonds is 4. The summed E-state index contributed by atoms with van der Waals surface area (Å²) in [6.45, 7) is 0.752. The molecular weight excluding hydrogens is 294 g/mol. The summed E-state index contributed by atoms with van der Waals surface area (Å²) >= 11 is 0. The molecule has 5 heteroatoms. The van der Waals surface area contributed by atoms with Crippen molar-refractivity contribution in [2.75, 3.05) is 20.3 Å². The highest BCUT2D eigenvalue weighted by Crippen LogP contribution is 2.23. The number of aliphatic hydroxyl groups is 1. The predicted molar refractivity (Wildman–Crippen MR) is 86.6 cm³/mol. The number of hydrogen-bond donors (Lipinski definition) is 1. The van der Waals surface area contributed by atoms with Crippen molar-refractivity contribution in [3.63, 3.8) is 0 Å². The van der Waals surface area contributed by atoms with Gasteiger partial charge in [0.2, 0.25) is 0 Å². The van der Waals surface area contributed by atoms with Gasteiger partial charge in [-0.1, -0.05) is 42.2 Å². The van der Waals surface area contributed by atoms with E-state index >= 15 is 0 Å². The van der Waals surface area contributed by atoms with Crippen LogP contribution in [-0.2, 0) is 16.1 Å². The zero-order chi connectivity index (χ0) is 16.5. The third-order valence-corrected chi connectivity index (χ3v) is 3.89. The maximum atomic E-state index is 11.9. The molecule has 0 bridgehead atoms. The summed E-state index contributed by atoms with van der Waals surface area (Å²) in [5.41, 5.74) is 1.10. The van der Waals surface area contributed by atoms with E-state index in [1.807, 2.05) is 30.3 Å². The lowest BCUT2D eigenvalue weighted by molar-refractivity contribution is 0.0504. The van der Waals surface area contributed by atoms with Gasteiger partial charge in [0.05, 0.1) is 32.4 Å². The first-order valence-electron chi connectivity index (χ1n) is 7.83. The highest BCUT2D eigenvalue weighted by molar-refractivity contribution is 5.69. The number of nitrogens with zero attached hydrogens (tertiary/aromatic N) is 1. The molecule has 5 nitrogen and oxygen atoms in total. The molecule has 1 aliphatic rings. The fourth-order valence-electron chi connectivity index (χ4n) is 2.74. The van der Waals surface area contributed by atoms with Crippen LogP contribution in [0.25, 0.3) is 0 Å². The lowest BCUT2D eigenvalue weighted by Crippen LogP contribution is -2.51. The Morgan fingerprint density at radius 3 is 2.83 bits per heavy atom. The van der Waals surface area contributed by atoms with Crippen molar-refractivity contribution in [1.82, 2.24) is 4.90 Å². The van der Waals surface area contributed by atoms with Crippen molar-refractivity contribution >= 4 is 6.09 Å². The van der Waals surface area contributed by atoms with Gasteiger partial charge in [0, 0.05) is 0 Å². The van der Waals surface area contributed by atoms with Crippen LogP contribution in [0.15, 0.2) is 30.3 Å². The Morgan fingerprint density at radius 1 is 1.35 bits per heavy atom. The SMILES string of the molecule is COC(=O)N1[C@H](CO)CCC[C@H]1C#CCOCc1ccccc1. The molecule has 0 aromatic heterocycles. The minimum absolute atomic E-state index is 0.0716. The van der Waals surface area contributed by atoms with E-state index in [1.54, 1.807) is 4.90 Å². The second-order valence-electron chi connectivity index (χ2n) is 5.46. The number of amides is 1. The van der Waals surface area contributed by atoms with Crippen molar-refractivity contribution in [3.05, 3.63) is 35.9 Å². The molecule has 1 heterocycles. The van der Waals surface area contributed by atoms with Crippen LogP contribution < -0.4 is 0 Å². The summed E-state index contributed by atoms with van der Waals surface area (Å²) in [5, 5.41) is 9.44. The van der Waals surface area contributed by atoms with Crippen molar-refractivity contribution < 1.29 is 19.4 Å². The normalized spacial score (nSPS) is 20.5. The minimum Gasteiger partial charge on any atom is -0.453 e. The number of methoxy groups -OCH3 is 1. The maximum absolute atomic E-state index is 11.9. The molecule has 1 fully saturated rings. The molecule has 1 amide bonds. The Hall–Kier alpha value is -2.03. The van der Waals surface area contributed by atoms with Gasteiger partial charge in [0.15, 0.2) is 0 Å². The minimum atomic E-state index is -0.437. The summed E-state index contributed by atoms with van der Waals surface area (Å²) in [6, 6.07) is 9.45. The molecule has 0 aliphatic carbocycles. The molecule has 23 heavy (non-hydrogen) atoms. The van der Waals surface area contributed by atoms with E-state index in [1.165, 1.54) is 7.11 Å². The predicted octanol–water partition coefficient (Wildman–Crippen LogP) is 2.19. The molecule has 0 radical (unpaired) electrons. The quantitative estimate of drug-likeness (QED) is 0.683. The molecule has 0 spiro atoms. The van der Waals surface area contributed by atoms with Crippen molar-refractivity contribution in [2.24, 2.45) is 0 Å². The number of carbonyl (C=O) groups excluding carboxylic acids is 1. The molecule has 2 atom stereocenters. The number of benzene rings is 1. The summed E-state index contributed by atoms with van der Waals surface area (Å²) in [5.74, 6) is 6.05. The molecule has 1 aromatic carbocycles. The van der Waals surface area contributed by atoms with Gasteiger partial charge in [-0.3, -0.25) is 4.90 Å². The van der Waals surface area contributed by atoms with Gasteiger partial charge < -0.3 is 14.6 Å². The number of hydrogen-bond acceptors (Lipinski definition) is 4. The lowest BCUT2D eigenvalue weighted by atomic mass is 9.96. The van der Waals surface area contributed by atoms with E-state index < -0.39 is 6.09 Å². The summed E-state index contributed by atoms with van der Waals surface area (Å²) in [4.78, 5) is 13.5. The number of likely N-dealkylation sites (tertiary alicyclic amines) is 1. The number of carbonyl (C=O) groups is 1. The molecule has 2 rings (SSSR count). The zero-order valence-corrected chi connectivity index (χ0v) is 13.4. The smallest absolute Gasteiger partial charge is 0.410 e. The summed E-state index contributed by atoms with van der Waals surface area (Å²) in [6.07, 6.45) is 2.06. The second kappa shape index (κ2) is 9.19. The largest absolute Gasteiger partial charge is 0.453 e. The average molecular weight is 317 g/mol. The van der Waals surface area contributed by atoms with Crippen LogP contribution in [0.4, 0.5) is 4.79 Å². The number of ether oxygens (including phenoxy) is 2. The monoisotopic (exact) mass is 317 g/mol. The summed E-state index contributed by atoms with van der Waals surface area (Å²) in [7, 11) is 1.35. The van der Waals surface area contributed by atoms with E-state index in [0.29, 0.717) is 13.2 Å². The van der Waals surface area contributed by atoms with Crippen LogP contribution in [0.1, 0.15) is 24.8 Å². The van der Waals surface area contributed by atoms with Crippen LogP contribution in [0, 0.1) is 11.8 Å². The Balaban J connectivity index is 1.88. The molecular formula is C18H23NO4. The Morgan fingerprint density at radius 2 is 2.13 bits per heavy atom. The van der Waals surface area contributed by atoms with Gasteiger partial charge in [-0.15, -0.1) is 0 Å². The van der Waals surface area contributed by atoms with Crippen molar-refractivity contribution in [3.8, 4) is 11.8 Å². The van der Waals surface area contributed by atoms with E-state index in [9.17, 15) is 9.90 Å². The van der Waals surface area contributed by atoms with E-state index in [2.05, 4.69) is 11.8 Å². The fraction of sp³-hybridized carbons (Fsp3) is 0.500. The molecule has 1 aliphatic heterocycles. The van der Waals surface area contributed by atoms with Crippen LogP contribution in [0.5, 0.6) is 0 Å². The van der Waals surface area contributed by atoms with Crippen molar-refractivity contribution in [1.29, 1.82) is 0 Å². The molecule has 0 unspecified atom stereocenters. The Kier molecular flexibility index (Phi) is 6.92. The van der Waals surface area contributed by atoms with Crippen molar-refractivity contribution in [2.45, 2.75) is 38.0 Å². The van der Waals surface area contributed by atoms with Gasteiger partial charge in [0.1, 0.15) is 6.61 Å². The topological polar surface area (TPSA) is 59.0 Å². The number of piperidine rings is 1. The zero-order valence-electron chi connectivity index (χ0n) is 13.4. The first-order chi connectivity index (χ1) is 11.3. The van der Waals surface area contributed by atoms with Crippen LogP contribution in [0.3, 0.4) is 0 Å². The van der Waals surface area contributed by atoms with Gasteiger partial charge in [-0.05, 0) is 24.8 Å². The van der Waals surface area contributed by atoms with E-state index in [-0.39, 0.29) is 18.7 Å². The van der Waals surface area contributed by atoms with Crippen LogP contribution >= 0.6 is 0 Å². The van der Waals surface area contributed by atoms with E-state index in [0.717, 1.165) is 24.8 Å². The Bertz CT molecular complexity index is 549. The standard InChI is InChI=1S/C18H23NO4/c1-22-18(21)19-16(9-5-10-17(19)13-20)11-6-12-23-14-15-7-3-2-4-8-15/h2-4,7-8,16-17,20H,5,9-10,12-14H2,1H3/t16-,17-/m0/s1. The van der Waals surface area contributed by atoms with Crippen LogP contribution in [-0.4, -0.2) is 48.5 Å². The fourth-order valence-corrected chi connectivity index (χ4v) is 2.74. The highest BCUT2D eigenvalue weighted by Gasteiger charge is 2.33. The molecule has 124 valence electrons. The molecule has 1 aromatic rings. The molecule has 1 N–H and O–H groups in total. The van der Waals surface area contributed by atoms with Gasteiger partial charge >= 0.3 is 6.09 Å². The number of aliphatic hydroxyl groups excluding tert-OH is 1. The van der Waals surface area contributed by atoms with Gasteiger partial charge in [0.25, 0.3) is 0 Å². The average Bonchev–Trinajstić information content (AvgIpc) is 2.61. The summed E-state index contributed by atoms with van der Waals surface area (Å²) < 4.78 is 10.3. The molecule has 1 saturated heterocycles. The second-order valence-corrected chi connectivity index (χ2v) is 5.46. The van der Waals surface area contributed by atoms with E-state index in [4.69, 9.17) is 9.47 Å². The van der Waals surface area contributed by atoms with Gasteiger partial charge in [-0.25, -0.2) is 4.79 Å². The van der Waals surface area contributed by atoms with Crippen LogP contribution in [0.2, 0.25) is 0 Å². The first kappa shape index (κ1) is 17.3.